The molecule has 0 fully saturated rings. The predicted octanol–water partition coefficient (Wildman–Crippen LogP) is 4.64. The lowest BCUT2D eigenvalue weighted by atomic mass is 9.78. The summed E-state index contributed by atoms with van der Waals surface area (Å²) in [5.74, 6) is -0.485. The van der Waals surface area contributed by atoms with Crippen LogP contribution in [0.15, 0.2) is 77.7 Å². The average Bonchev–Trinajstić information content (AvgIpc) is 2.74. The van der Waals surface area contributed by atoms with E-state index in [9.17, 15) is 23.6 Å². The highest BCUT2D eigenvalue weighted by Crippen LogP contribution is 2.51. The number of nitro benzene ring substituents is 1. The molecule has 154 valence electrons. The molecule has 0 spiro atoms. The van der Waals surface area contributed by atoms with Crippen molar-refractivity contribution < 1.29 is 18.4 Å². The van der Waals surface area contributed by atoms with Crippen molar-refractivity contribution in [3.8, 4) is 0 Å². The monoisotopic (exact) mass is 423 g/mol. The molecule has 0 radical (unpaired) electrons. The molecule has 0 amide bonds. The number of non-ortho nitro benzene ring substituents is 1. The minimum absolute atomic E-state index is 0.161. The standard InChI is InChI=1S/C23H21NO5S/c1-15-7-10-18(11-8-15)30(28,29)23-19-12-9-17(24(26)27)13-21(19)22(25)14-20(23)16-5-3-2-4-6-16/h2-13,20,22-23,25H,14H2,1H3. The number of hydrogen-bond acceptors (Lipinski definition) is 5. The smallest absolute Gasteiger partial charge is 0.269 e. The van der Waals surface area contributed by atoms with Crippen LogP contribution in [0.4, 0.5) is 5.69 Å². The van der Waals surface area contributed by atoms with Crippen molar-refractivity contribution in [3.63, 3.8) is 0 Å². The molecule has 0 saturated carbocycles. The van der Waals surface area contributed by atoms with Gasteiger partial charge in [-0.25, -0.2) is 8.42 Å². The van der Waals surface area contributed by atoms with Crippen LogP contribution in [0, 0.1) is 17.0 Å². The van der Waals surface area contributed by atoms with Gasteiger partial charge in [0.2, 0.25) is 0 Å². The van der Waals surface area contributed by atoms with E-state index in [0.717, 1.165) is 11.1 Å². The van der Waals surface area contributed by atoms with E-state index in [4.69, 9.17) is 0 Å². The van der Waals surface area contributed by atoms with Gasteiger partial charge < -0.3 is 5.11 Å². The van der Waals surface area contributed by atoms with Crippen LogP contribution in [0.1, 0.15) is 45.9 Å². The van der Waals surface area contributed by atoms with Gasteiger partial charge >= 0.3 is 0 Å². The van der Waals surface area contributed by atoms with Gasteiger partial charge in [-0.1, -0.05) is 54.1 Å². The Hall–Kier alpha value is -3.03. The lowest BCUT2D eigenvalue weighted by molar-refractivity contribution is -0.385. The largest absolute Gasteiger partial charge is 0.388 e. The van der Waals surface area contributed by atoms with Gasteiger partial charge in [-0.2, -0.15) is 0 Å². The van der Waals surface area contributed by atoms with Crippen LogP contribution in [0.5, 0.6) is 0 Å². The first-order chi connectivity index (χ1) is 14.3. The Morgan fingerprint density at radius 1 is 0.967 bits per heavy atom. The Balaban J connectivity index is 1.93. The van der Waals surface area contributed by atoms with Crippen molar-refractivity contribution >= 4 is 15.5 Å². The Kier molecular flexibility index (Phi) is 5.17. The number of aliphatic hydroxyl groups is 1. The van der Waals surface area contributed by atoms with E-state index < -0.39 is 32.0 Å². The van der Waals surface area contributed by atoms with E-state index in [1.54, 1.807) is 24.3 Å². The first-order valence-corrected chi connectivity index (χ1v) is 11.2. The Morgan fingerprint density at radius 2 is 1.63 bits per heavy atom. The van der Waals surface area contributed by atoms with Crippen molar-refractivity contribution in [2.24, 2.45) is 0 Å². The molecule has 30 heavy (non-hydrogen) atoms. The van der Waals surface area contributed by atoms with Gasteiger partial charge in [0.25, 0.3) is 5.69 Å². The minimum Gasteiger partial charge on any atom is -0.388 e. The summed E-state index contributed by atoms with van der Waals surface area (Å²) in [5.41, 5.74) is 2.30. The van der Waals surface area contributed by atoms with Crippen LogP contribution in [0.3, 0.4) is 0 Å². The first kappa shape index (κ1) is 20.3. The molecule has 0 aliphatic heterocycles. The van der Waals surface area contributed by atoms with Gasteiger partial charge in [-0.15, -0.1) is 0 Å². The lowest BCUT2D eigenvalue weighted by Gasteiger charge is -2.36. The van der Waals surface area contributed by atoms with Crippen LogP contribution in [0.25, 0.3) is 0 Å². The number of rotatable bonds is 4. The predicted molar refractivity (Wildman–Crippen MR) is 113 cm³/mol. The summed E-state index contributed by atoms with van der Waals surface area (Å²) in [6, 6.07) is 20.0. The third kappa shape index (κ3) is 3.51. The number of nitrogens with zero attached hydrogens (tertiary/aromatic N) is 1. The second kappa shape index (κ2) is 7.66. The SMILES string of the molecule is Cc1ccc(S(=O)(=O)C2c3ccc([N+](=O)[O-])cc3C(O)CC2c2ccccc2)cc1. The highest BCUT2D eigenvalue weighted by atomic mass is 32.2. The Bertz CT molecular complexity index is 1190. The van der Waals surface area contributed by atoms with Crippen LogP contribution in [-0.2, 0) is 9.84 Å². The molecule has 0 saturated heterocycles. The van der Waals surface area contributed by atoms with Gasteiger partial charge in [-0.3, -0.25) is 10.1 Å². The maximum absolute atomic E-state index is 13.8. The summed E-state index contributed by atoms with van der Waals surface area (Å²) in [5, 5.41) is 21.0. The quantitative estimate of drug-likeness (QED) is 0.487. The zero-order valence-electron chi connectivity index (χ0n) is 16.3. The number of aryl methyl sites for hydroxylation is 1. The van der Waals surface area contributed by atoms with Crippen molar-refractivity contribution in [1.29, 1.82) is 0 Å². The van der Waals surface area contributed by atoms with Crippen molar-refractivity contribution in [3.05, 3.63) is 105 Å². The number of benzene rings is 3. The third-order valence-electron chi connectivity index (χ3n) is 5.70. The van der Waals surface area contributed by atoms with Crippen molar-refractivity contribution in [2.75, 3.05) is 0 Å². The molecule has 0 bridgehead atoms. The fourth-order valence-corrected chi connectivity index (χ4v) is 6.26. The maximum atomic E-state index is 13.8. The molecule has 3 aromatic rings. The second-order valence-electron chi connectivity index (χ2n) is 7.62. The first-order valence-electron chi connectivity index (χ1n) is 9.61. The molecular formula is C23H21NO5S. The summed E-state index contributed by atoms with van der Waals surface area (Å²) < 4.78 is 27.5. The van der Waals surface area contributed by atoms with E-state index in [1.807, 2.05) is 37.3 Å². The molecule has 1 aliphatic carbocycles. The fraction of sp³-hybridized carbons (Fsp3) is 0.217. The summed E-state index contributed by atoms with van der Waals surface area (Å²) in [6.07, 6.45) is -0.830. The molecule has 7 heteroatoms. The van der Waals surface area contributed by atoms with Gasteiger partial charge in [0.15, 0.2) is 9.84 Å². The summed E-state index contributed by atoms with van der Waals surface area (Å²) in [7, 11) is -3.83. The van der Waals surface area contributed by atoms with E-state index >= 15 is 0 Å². The highest BCUT2D eigenvalue weighted by molar-refractivity contribution is 7.91. The van der Waals surface area contributed by atoms with E-state index in [-0.39, 0.29) is 17.0 Å². The molecule has 0 aromatic heterocycles. The number of aliphatic hydroxyl groups excluding tert-OH is 1. The van der Waals surface area contributed by atoms with Crippen molar-refractivity contribution in [1.82, 2.24) is 0 Å². The molecular weight excluding hydrogens is 402 g/mol. The second-order valence-corrected chi connectivity index (χ2v) is 9.69. The van der Waals surface area contributed by atoms with E-state index in [1.165, 1.54) is 18.2 Å². The van der Waals surface area contributed by atoms with E-state index in [0.29, 0.717) is 11.1 Å². The van der Waals surface area contributed by atoms with Crippen LogP contribution in [-0.4, -0.2) is 18.4 Å². The highest BCUT2D eigenvalue weighted by Gasteiger charge is 2.43. The average molecular weight is 423 g/mol. The zero-order valence-corrected chi connectivity index (χ0v) is 17.1. The van der Waals surface area contributed by atoms with Gasteiger partial charge in [0, 0.05) is 18.1 Å². The topological polar surface area (TPSA) is 97.5 Å². The zero-order chi connectivity index (χ0) is 21.5. The lowest BCUT2D eigenvalue weighted by Crippen LogP contribution is -2.28. The summed E-state index contributed by atoms with van der Waals surface area (Å²) in [4.78, 5) is 10.9. The van der Waals surface area contributed by atoms with Crippen LogP contribution < -0.4 is 0 Å². The molecule has 3 aromatic carbocycles. The molecule has 3 unspecified atom stereocenters. The van der Waals surface area contributed by atoms with E-state index in [2.05, 4.69) is 0 Å². The molecule has 6 nitrogen and oxygen atoms in total. The number of fused-ring (bicyclic) bond motifs is 1. The summed E-state index contributed by atoms with van der Waals surface area (Å²) >= 11 is 0. The Morgan fingerprint density at radius 3 is 2.27 bits per heavy atom. The molecule has 3 atom stereocenters. The van der Waals surface area contributed by atoms with Crippen LogP contribution >= 0.6 is 0 Å². The fourth-order valence-electron chi connectivity index (χ4n) is 4.20. The van der Waals surface area contributed by atoms with Gasteiger partial charge in [0.05, 0.1) is 21.2 Å². The molecule has 1 N–H and O–H groups in total. The number of sulfone groups is 1. The number of hydrogen-bond donors (Lipinski definition) is 1. The molecule has 0 heterocycles. The van der Waals surface area contributed by atoms with Gasteiger partial charge in [-0.05, 0) is 42.2 Å². The van der Waals surface area contributed by atoms with Crippen LogP contribution in [0.2, 0.25) is 0 Å². The molecule has 4 rings (SSSR count). The third-order valence-corrected chi connectivity index (χ3v) is 7.88. The number of nitro groups is 1. The Labute approximate surface area is 174 Å². The molecule has 1 aliphatic rings. The maximum Gasteiger partial charge on any atom is 0.269 e. The van der Waals surface area contributed by atoms with Crippen molar-refractivity contribution in [2.45, 2.75) is 35.5 Å². The normalized spacial score (nSPS) is 21.1. The van der Waals surface area contributed by atoms with Gasteiger partial charge in [0.1, 0.15) is 0 Å². The summed E-state index contributed by atoms with van der Waals surface area (Å²) in [6.45, 7) is 1.88. The minimum atomic E-state index is -3.83.